The molecular weight excluding hydrogens is 376 g/mol. The maximum absolute atomic E-state index is 12.1. The van der Waals surface area contributed by atoms with Crippen molar-refractivity contribution in [2.75, 3.05) is 12.1 Å². The van der Waals surface area contributed by atoms with Crippen molar-refractivity contribution in [3.8, 4) is 22.9 Å². The number of hydrogen-bond donors (Lipinski definition) is 2. The average Bonchev–Trinajstić information content (AvgIpc) is 3.37. The van der Waals surface area contributed by atoms with Gasteiger partial charge in [-0.1, -0.05) is 31.2 Å². The Balaban J connectivity index is 1.32. The molecular formula is C19H18N6O4. The number of tetrazole rings is 1. The topological polar surface area (TPSA) is 120 Å². The van der Waals surface area contributed by atoms with Crippen LogP contribution in [0.4, 0.5) is 10.5 Å². The molecule has 1 aliphatic heterocycles. The molecule has 4 rings (SSSR count). The summed E-state index contributed by atoms with van der Waals surface area (Å²) in [6, 6.07) is 12.0. The molecule has 0 aliphatic carbocycles. The van der Waals surface area contributed by atoms with E-state index in [9.17, 15) is 9.59 Å². The number of carbonyl (C=O) groups excluding carboxylic acids is 2. The van der Waals surface area contributed by atoms with Crippen molar-refractivity contribution >= 4 is 17.6 Å². The first-order valence-electron chi connectivity index (χ1n) is 8.98. The molecule has 148 valence electrons. The van der Waals surface area contributed by atoms with Crippen LogP contribution in [-0.4, -0.2) is 38.9 Å². The number of carbonyl (C=O) groups is 2. The maximum Gasteiger partial charge on any atom is 0.325 e. The molecule has 0 radical (unpaired) electrons. The first kappa shape index (κ1) is 18.4. The zero-order valence-electron chi connectivity index (χ0n) is 15.6. The zero-order valence-corrected chi connectivity index (χ0v) is 15.6. The van der Waals surface area contributed by atoms with Crippen molar-refractivity contribution in [2.45, 2.75) is 19.9 Å². The van der Waals surface area contributed by atoms with Gasteiger partial charge in [0.1, 0.15) is 6.54 Å². The van der Waals surface area contributed by atoms with E-state index >= 15 is 0 Å². The number of urea groups is 1. The van der Waals surface area contributed by atoms with E-state index in [0.29, 0.717) is 23.0 Å². The molecule has 3 aromatic rings. The number of ether oxygens (including phenoxy) is 2. The second-order valence-electron chi connectivity index (χ2n) is 6.26. The number of hydrogen-bond acceptors (Lipinski definition) is 7. The third-order valence-corrected chi connectivity index (χ3v) is 4.24. The lowest BCUT2D eigenvalue weighted by Crippen LogP contribution is -2.37. The molecule has 2 heterocycles. The van der Waals surface area contributed by atoms with Crippen LogP contribution in [0.25, 0.3) is 11.4 Å². The van der Waals surface area contributed by atoms with Gasteiger partial charge in [0, 0.05) is 17.3 Å². The van der Waals surface area contributed by atoms with Crippen LogP contribution in [0.5, 0.6) is 11.5 Å². The number of amides is 3. The SMILES string of the molecule is CCc1ccc(-c2nnn(CC(=O)NC(=O)Nc3ccc4c(c3)OCO4)n2)cc1. The second kappa shape index (κ2) is 7.97. The molecule has 0 spiro atoms. The Labute approximate surface area is 165 Å². The third kappa shape index (κ3) is 4.32. The molecule has 1 aromatic heterocycles. The lowest BCUT2D eigenvalue weighted by molar-refractivity contribution is -0.120. The van der Waals surface area contributed by atoms with Gasteiger partial charge in [-0.25, -0.2) is 4.79 Å². The summed E-state index contributed by atoms with van der Waals surface area (Å²) in [5.41, 5.74) is 2.47. The first-order valence-corrected chi connectivity index (χ1v) is 8.98. The molecule has 0 fully saturated rings. The molecule has 1 aliphatic rings. The summed E-state index contributed by atoms with van der Waals surface area (Å²) in [4.78, 5) is 25.2. The lowest BCUT2D eigenvalue weighted by atomic mass is 10.1. The van der Waals surface area contributed by atoms with E-state index < -0.39 is 11.9 Å². The van der Waals surface area contributed by atoms with E-state index in [4.69, 9.17) is 9.47 Å². The summed E-state index contributed by atoms with van der Waals surface area (Å²) in [6.07, 6.45) is 0.939. The Bertz CT molecular complexity index is 1050. The van der Waals surface area contributed by atoms with Crippen LogP contribution in [-0.2, 0) is 17.8 Å². The van der Waals surface area contributed by atoms with Gasteiger partial charge >= 0.3 is 6.03 Å². The van der Waals surface area contributed by atoms with Gasteiger partial charge < -0.3 is 14.8 Å². The Kier molecular flexibility index (Phi) is 5.06. The average molecular weight is 394 g/mol. The molecule has 10 nitrogen and oxygen atoms in total. The quantitative estimate of drug-likeness (QED) is 0.679. The largest absolute Gasteiger partial charge is 0.454 e. The predicted octanol–water partition coefficient (Wildman–Crippen LogP) is 1.98. The van der Waals surface area contributed by atoms with Crippen molar-refractivity contribution < 1.29 is 19.1 Å². The summed E-state index contributed by atoms with van der Waals surface area (Å²) in [6.45, 7) is 1.97. The highest BCUT2D eigenvalue weighted by atomic mass is 16.7. The number of aryl methyl sites for hydroxylation is 1. The van der Waals surface area contributed by atoms with Gasteiger partial charge in [-0.2, -0.15) is 4.80 Å². The van der Waals surface area contributed by atoms with E-state index in [0.717, 1.165) is 16.8 Å². The highest BCUT2D eigenvalue weighted by molar-refractivity contribution is 6.01. The number of benzene rings is 2. The summed E-state index contributed by atoms with van der Waals surface area (Å²) in [7, 11) is 0. The molecule has 0 atom stereocenters. The summed E-state index contributed by atoms with van der Waals surface area (Å²) >= 11 is 0. The summed E-state index contributed by atoms with van der Waals surface area (Å²) < 4.78 is 10.5. The number of imide groups is 1. The molecule has 2 aromatic carbocycles. The Morgan fingerprint density at radius 3 is 2.69 bits per heavy atom. The fourth-order valence-corrected chi connectivity index (χ4v) is 2.75. The first-order chi connectivity index (χ1) is 14.1. The normalized spacial score (nSPS) is 11.9. The fraction of sp³-hybridized carbons (Fsp3) is 0.211. The highest BCUT2D eigenvalue weighted by Crippen LogP contribution is 2.34. The van der Waals surface area contributed by atoms with E-state index in [-0.39, 0.29) is 13.3 Å². The number of nitrogens with zero attached hydrogens (tertiary/aromatic N) is 4. The molecule has 10 heteroatoms. The zero-order chi connectivity index (χ0) is 20.2. The van der Waals surface area contributed by atoms with E-state index in [1.807, 2.05) is 24.3 Å². The van der Waals surface area contributed by atoms with Crippen molar-refractivity contribution in [3.05, 3.63) is 48.0 Å². The number of rotatable bonds is 5. The molecule has 0 unspecified atom stereocenters. The second-order valence-corrected chi connectivity index (χ2v) is 6.26. The monoisotopic (exact) mass is 394 g/mol. The van der Waals surface area contributed by atoms with Crippen LogP contribution >= 0.6 is 0 Å². The van der Waals surface area contributed by atoms with Gasteiger partial charge in [0.05, 0.1) is 0 Å². The van der Waals surface area contributed by atoms with Gasteiger partial charge in [0.2, 0.25) is 12.6 Å². The van der Waals surface area contributed by atoms with Crippen molar-refractivity contribution in [1.29, 1.82) is 0 Å². The molecule has 3 amide bonds. The Morgan fingerprint density at radius 1 is 1.10 bits per heavy atom. The molecule has 29 heavy (non-hydrogen) atoms. The Hall–Kier alpha value is -3.95. The molecule has 0 saturated carbocycles. The van der Waals surface area contributed by atoms with E-state index in [2.05, 4.69) is 33.0 Å². The third-order valence-electron chi connectivity index (χ3n) is 4.24. The van der Waals surface area contributed by atoms with Crippen LogP contribution in [0.3, 0.4) is 0 Å². The maximum atomic E-state index is 12.1. The van der Waals surface area contributed by atoms with Crippen LogP contribution < -0.4 is 20.1 Å². The number of nitrogens with one attached hydrogen (secondary N) is 2. The van der Waals surface area contributed by atoms with Gasteiger partial charge in [-0.3, -0.25) is 10.1 Å². The standard InChI is InChI=1S/C19H18N6O4/c1-2-12-3-5-13(6-4-12)18-22-24-25(23-18)10-17(26)21-19(27)20-14-7-8-15-16(9-14)29-11-28-15/h3-9H,2,10-11H2,1H3,(H2,20,21,26,27). The minimum atomic E-state index is -0.677. The minimum absolute atomic E-state index is 0.138. The van der Waals surface area contributed by atoms with Gasteiger partial charge in [-0.05, 0) is 29.3 Å². The van der Waals surface area contributed by atoms with Crippen LogP contribution in [0.2, 0.25) is 0 Å². The van der Waals surface area contributed by atoms with Gasteiger partial charge in [0.25, 0.3) is 5.91 Å². The number of aromatic nitrogens is 4. The van der Waals surface area contributed by atoms with Gasteiger partial charge in [0.15, 0.2) is 11.5 Å². The molecule has 0 saturated heterocycles. The lowest BCUT2D eigenvalue weighted by Gasteiger charge is -2.07. The van der Waals surface area contributed by atoms with Gasteiger partial charge in [-0.15, -0.1) is 10.2 Å². The minimum Gasteiger partial charge on any atom is -0.454 e. The van der Waals surface area contributed by atoms with Crippen molar-refractivity contribution in [1.82, 2.24) is 25.5 Å². The number of anilines is 1. The summed E-state index contributed by atoms with van der Waals surface area (Å²) in [5.74, 6) is 0.962. The highest BCUT2D eigenvalue weighted by Gasteiger charge is 2.16. The van der Waals surface area contributed by atoms with Crippen LogP contribution in [0.1, 0.15) is 12.5 Å². The summed E-state index contributed by atoms with van der Waals surface area (Å²) in [5, 5.41) is 16.8. The van der Waals surface area contributed by atoms with Crippen LogP contribution in [0.15, 0.2) is 42.5 Å². The van der Waals surface area contributed by atoms with Crippen molar-refractivity contribution in [2.24, 2.45) is 0 Å². The van der Waals surface area contributed by atoms with E-state index in [1.165, 1.54) is 5.56 Å². The van der Waals surface area contributed by atoms with Crippen LogP contribution in [0, 0.1) is 0 Å². The Morgan fingerprint density at radius 2 is 1.90 bits per heavy atom. The van der Waals surface area contributed by atoms with E-state index in [1.54, 1.807) is 18.2 Å². The molecule has 2 N–H and O–H groups in total. The molecule has 0 bridgehead atoms. The van der Waals surface area contributed by atoms with Crippen molar-refractivity contribution in [3.63, 3.8) is 0 Å². The predicted molar refractivity (Wildman–Crippen MR) is 102 cm³/mol. The number of fused-ring (bicyclic) bond motifs is 1. The smallest absolute Gasteiger partial charge is 0.325 e. The fourth-order valence-electron chi connectivity index (χ4n) is 2.75.